The van der Waals surface area contributed by atoms with E-state index in [1.807, 2.05) is 4.90 Å². The van der Waals surface area contributed by atoms with E-state index in [1.165, 1.54) is 0 Å². The molecule has 1 unspecified atom stereocenters. The molecule has 3 atom stereocenters. The fourth-order valence-corrected chi connectivity index (χ4v) is 3.41. The molecule has 3 fully saturated rings. The molecule has 0 bridgehead atoms. The number of nitrogens with zero attached hydrogens (tertiary/aromatic N) is 1. The van der Waals surface area contributed by atoms with Crippen LogP contribution in [0.25, 0.3) is 0 Å². The summed E-state index contributed by atoms with van der Waals surface area (Å²) < 4.78 is 0. The van der Waals surface area contributed by atoms with Crippen LogP contribution >= 0.6 is 12.4 Å². The van der Waals surface area contributed by atoms with Crippen LogP contribution in [0.15, 0.2) is 0 Å². The van der Waals surface area contributed by atoms with Crippen molar-refractivity contribution in [3.63, 3.8) is 0 Å². The van der Waals surface area contributed by atoms with Crippen molar-refractivity contribution >= 4 is 24.2 Å². The predicted molar refractivity (Wildman–Crippen MR) is 78.5 cm³/mol. The van der Waals surface area contributed by atoms with Crippen LogP contribution < -0.4 is 11.1 Å². The number of carbonyl (C=O) groups is 2. The summed E-state index contributed by atoms with van der Waals surface area (Å²) in [6.07, 6.45) is 6.49. The maximum atomic E-state index is 12.0. The molecule has 3 N–H and O–H groups in total. The van der Waals surface area contributed by atoms with Gasteiger partial charge in [-0.1, -0.05) is 6.42 Å². The van der Waals surface area contributed by atoms with Gasteiger partial charge in [-0.2, -0.15) is 0 Å². The summed E-state index contributed by atoms with van der Waals surface area (Å²) in [4.78, 5) is 25.7. The Kier molecular flexibility index (Phi) is 4.91. The number of halogens is 1. The maximum Gasteiger partial charge on any atom is 0.225 e. The van der Waals surface area contributed by atoms with Gasteiger partial charge in [0, 0.05) is 31.5 Å². The average Bonchev–Trinajstić information content (AvgIpc) is 3.03. The molecule has 3 aliphatic rings. The molecule has 1 aliphatic heterocycles. The highest BCUT2D eigenvalue weighted by Gasteiger charge is 2.39. The highest BCUT2D eigenvalue weighted by molar-refractivity contribution is 5.85. The summed E-state index contributed by atoms with van der Waals surface area (Å²) in [5.41, 5.74) is 5.99. The van der Waals surface area contributed by atoms with Crippen LogP contribution in [0.5, 0.6) is 0 Å². The minimum absolute atomic E-state index is 0. The number of rotatable bonds is 4. The lowest BCUT2D eigenvalue weighted by atomic mass is 9.99. The van der Waals surface area contributed by atoms with Crippen molar-refractivity contribution in [3.8, 4) is 0 Å². The Labute approximate surface area is 126 Å². The number of nitrogens with one attached hydrogen (secondary N) is 1. The third-order valence-electron chi connectivity index (χ3n) is 4.68. The first kappa shape index (κ1) is 15.6. The van der Waals surface area contributed by atoms with E-state index in [0.717, 1.165) is 32.1 Å². The third kappa shape index (κ3) is 3.44. The zero-order valence-electron chi connectivity index (χ0n) is 11.7. The molecule has 0 spiro atoms. The van der Waals surface area contributed by atoms with Crippen molar-refractivity contribution in [1.82, 2.24) is 10.2 Å². The maximum absolute atomic E-state index is 12.0. The second-order valence-corrected chi connectivity index (χ2v) is 6.30. The summed E-state index contributed by atoms with van der Waals surface area (Å²) in [5, 5.41) is 3.01. The van der Waals surface area contributed by atoms with Gasteiger partial charge in [0.2, 0.25) is 11.8 Å². The molecular weight excluding hydrogens is 278 g/mol. The highest BCUT2D eigenvalue weighted by atomic mass is 35.5. The fourth-order valence-electron chi connectivity index (χ4n) is 3.41. The van der Waals surface area contributed by atoms with Crippen LogP contribution in [0.1, 0.15) is 44.9 Å². The van der Waals surface area contributed by atoms with Crippen LogP contribution in [-0.2, 0) is 9.59 Å². The first-order valence-electron chi connectivity index (χ1n) is 7.48. The number of nitrogens with two attached hydrogens (primary N) is 1. The molecule has 2 aliphatic carbocycles. The quantitative estimate of drug-likeness (QED) is 0.807. The van der Waals surface area contributed by atoms with E-state index in [1.54, 1.807) is 0 Å². The average molecular weight is 302 g/mol. The first-order valence-corrected chi connectivity index (χ1v) is 7.48. The van der Waals surface area contributed by atoms with Crippen LogP contribution in [0.3, 0.4) is 0 Å². The second-order valence-electron chi connectivity index (χ2n) is 6.30. The third-order valence-corrected chi connectivity index (χ3v) is 4.68. The van der Waals surface area contributed by atoms with Crippen molar-refractivity contribution in [3.05, 3.63) is 0 Å². The number of likely N-dealkylation sites (tertiary alicyclic amines) is 1. The molecule has 0 radical (unpaired) electrons. The summed E-state index contributed by atoms with van der Waals surface area (Å²) in [6, 6.07) is 0.648. The largest absolute Gasteiger partial charge is 0.351 e. The first-order chi connectivity index (χ1) is 9.13. The SMILES string of the molecule is Cl.N[C@@H]1CCC[C@H]1CC(=O)NC1CC(=O)N(C2CC2)C1. The second kappa shape index (κ2) is 6.31. The number of amides is 2. The van der Waals surface area contributed by atoms with Gasteiger partial charge >= 0.3 is 0 Å². The lowest BCUT2D eigenvalue weighted by molar-refractivity contribution is -0.128. The van der Waals surface area contributed by atoms with E-state index >= 15 is 0 Å². The minimum atomic E-state index is 0. The van der Waals surface area contributed by atoms with Gasteiger partial charge in [0.25, 0.3) is 0 Å². The molecule has 5 nitrogen and oxygen atoms in total. The van der Waals surface area contributed by atoms with Gasteiger partial charge < -0.3 is 16.0 Å². The normalized spacial score (nSPS) is 33.1. The summed E-state index contributed by atoms with van der Waals surface area (Å²) in [5.74, 6) is 0.597. The molecule has 1 heterocycles. The number of hydrogen-bond acceptors (Lipinski definition) is 3. The molecule has 114 valence electrons. The molecule has 2 saturated carbocycles. The Balaban J connectivity index is 0.00000147. The van der Waals surface area contributed by atoms with E-state index in [4.69, 9.17) is 5.73 Å². The standard InChI is InChI=1S/C14H23N3O2.ClH/c15-12-3-1-2-9(12)6-13(18)16-10-7-14(19)17(8-10)11-4-5-11;/h9-12H,1-8,15H2,(H,16,18);1H/t9-,10?,12+;/m0./s1. The molecule has 3 rings (SSSR count). The highest BCUT2D eigenvalue weighted by Crippen LogP contribution is 2.31. The Morgan fingerprint density at radius 2 is 2.05 bits per heavy atom. The molecule has 2 amide bonds. The van der Waals surface area contributed by atoms with Crippen molar-refractivity contribution in [1.29, 1.82) is 0 Å². The van der Waals surface area contributed by atoms with Gasteiger partial charge in [-0.25, -0.2) is 0 Å². The monoisotopic (exact) mass is 301 g/mol. The fraction of sp³-hybridized carbons (Fsp3) is 0.857. The van der Waals surface area contributed by atoms with Crippen molar-refractivity contribution < 1.29 is 9.59 Å². The van der Waals surface area contributed by atoms with Gasteiger partial charge in [0.05, 0.1) is 6.04 Å². The summed E-state index contributed by atoms with van der Waals surface area (Å²) in [6.45, 7) is 0.700. The Bertz CT molecular complexity index is 387. The molecule has 0 aromatic rings. The number of hydrogen-bond donors (Lipinski definition) is 2. The van der Waals surface area contributed by atoms with Gasteiger partial charge in [0.15, 0.2) is 0 Å². The van der Waals surface area contributed by atoms with E-state index in [-0.39, 0.29) is 36.3 Å². The molecule has 0 aromatic heterocycles. The smallest absolute Gasteiger partial charge is 0.225 e. The van der Waals surface area contributed by atoms with E-state index in [0.29, 0.717) is 31.3 Å². The van der Waals surface area contributed by atoms with Crippen LogP contribution in [0.2, 0.25) is 0 Å². The Morgan fingerprint density at radius 3 is 2.65 bits per heavy atom. The number of carbonyl (C=O) groups excluding carboxylic acids is 2. The molecule has 0 aromatic carbocycles. The van der Waals surface area contributed by atoms with Crippen molar-refractivity contribution in [2.45, 2.75) is 63.1 Å². The summed E-state index contributed by atoms with van der Waals surface area (Å²) >= 11 is 0. The van der Waals surface area contributed by atoms with Gasteiger partial charge in [0.1, 0.15) is 0 Å². The van der Waals surface area contributed by atoms with E-state index in [9.17, 15) is 9.59 Å². The van der Waals surface area contributed by atoms with Crippen molar-refractivity contribution in [2.75, 3.05) is 6.54 Å². The zero-order chi connectivity index (χ0) is 13.4. The van der Waals surface area contributed by atoms with E-state index in [2.05, 4.69) is 5.32 Å². The summed E-state index contributed by atoms with van der Waals surface area (Å²) in [7, 11) is 0. The molecule has 1 saturated heterocycles. The van der Waals surface area contributed by atoms with Crippen LogP contribution in [-0.4, -0.2) is 41.4 Å². The Hall–Kier alpha value is -0.810. The minimum Gasteiger partial charge on any atom is -0.351 e. The lowest BCUT2D eigenvalue weighted by Gasteiger charge is -2.18. The molecular formula is C14H24ClN3O2. The van der Waals surface area contributed by atoms with E-state index < -0.39 is 0 Å². The van der Waals surface area contributed by atoms with Gasteiger partial charge in [-0.3, -0.25) is 9.59 Å². The van der Waals surface area contributed by atoms with Crippen LogP contribution in [0.4, 0.5) is 0 Å². The van der Waals surface area contributed by atoms with Gasteiger partial charge in [-0.05, 0) is 31.6 Å². The predicted octanol–water partition coefficient (Wildman–Crippen LogP) is 0.805. The molecule has 6 heteroatoms. The Morgan fingerprint density at radius 1 is 1.30 bits per heavy atom. The van der Waals surface area contributed by atoms with Gasteiger partial charge in [-0.15, -0.1) is 12.4 Å². The molecule has 20 heavy (non-hydrogen) atoms. The topological polar surface area (TPSA) is 75.4 Å². The van der Waals surface area contributed by atoms with Crippen molar-refractivity contribution in [2.24, 2.45) is 11.7 Å². The van der Waals surface area contributed by atoms with Crippen LogP contribution in [0, 0.1) is 5.92 Å². The lowest BCUT2D eigenvalue weighted by Crippen LogP contribution is -2.39. The zero-order valence-corrected chi connectivity index (χ0v) is 12.5.